The Bertz CT molecular complexity index is 724. The lowest BCUT2D eigenvalue weighted by atomic mass is 10.1. The summed E-state index contributed by atoms with van der Waals surface area (Å²) in [4.78, 5) is 12.3. The van der Waals surface area contributed by atoms with Gasteiger partial charge in [-0.05, 0) is 24.3 Å². The van der Waals surface area contributed by atoms with Gasteiger partial charge < -0.3 is 24.3 Å². The van der Waals surface area contributed by atoms with Crippen molar-refractivity contribution in [2.45, 2.75) is 12.5 Å². The standard InChI is InChI=1S/C19H21NO5/c1-22-15-9-13(10-16(11-15)23-2)19(21)20-8-7-14-12-24-17-5-3-4-6-18(17)25-14/h3-6,9-11,14H,7-8,12H2,1-2H3,(H,20,21)/t14-/m0/s1. The minimum Gasteiger partial charge on any atom is -0.497 e. The first-order valence-corrected chi connectivity index (χ1v) is 8.09. The Morgan fingerprint density at radius 2 is 1.80 bits per heavy atom. The summed E-state index contributed by atoms with van der Waals surface area (Å²) in [5.74, 6) is 2.46. The topological polar surface area (TPSA) is 66.0 Å². The Hall–Kier alpha value is -2.89. The second-order valence-corrected chi connectivity index (χ2v) is 5.64. The molecule has 3 rings (SSSR count). The van der Waals surface area contributed by atoms with Crippen LogP contribution >= 0.6 is 0 Å². The maximum atomic E-state index is 12.3. The molecule has 6 heteroatoms. The molecule has 6 nitrogen and oxygen atoms in total. The lowest BCUT2D eigenvalue weighted by Gasteiger charge is -2.26. The highest BCUT2D eigenvalue weighted by atomic mass is 16.6. The molecule has 0 saturated heterocycles. The molecule has 0 aromatic heterocycles. The first-order chi connectivity index (χ1) is 12.2. The molecule has 0 fully saturated rings. The molecule has 0 spiro atoms. The Balaban J connectivity index is 1.53. The summed E-state index contributed by atoms with van der Waals surface area (Å²) in [6.45, 7) is 0.953. The Labute approximate surface area is 146 Å². The summed E-state index contributed by atoms with van der Waals surface area (Å²) >= 11 is 0. The monoisotopic (exact) mass is 343 g/mol. The highest BCUT2D eigenvalue weighted by Gasteiger charge is 2.20. The first kappa shape index (κ1) is 17.0. The van der Waals surface area contributed by atoms with Crippen LogP contribution in [0.4, 0.5) is 0 Å². The van der Waals surface area contributed by atoms with Crippen LogP contribution in [0.2, 0.25) is 0 Å². The number of para-hydroxylation sites is 2. The number of fused-ring (bicyclic) bond motifs is 1. The minimum atomic E-state index is -0.186. The van der Waals surface area contributed by atoms with Crippen molar-refractivity contribution in [1.29, 1.82) is 0 Å². The summed E-state index contributed by atoms with van der Waals surface area (Å²) in [6, 6.07) is 12.6. The van der Waals surface area contributed by atoms with Gasteiger partial charge in [-0.15, -0.1) is 0 Å². The Kier molecular flexibility index (Phi) is 5.28. The van der Waals surface area contributed by atoms with E-state index < -0.39 is 0 Å². The van der Waals surface area contributed by atoms with Crippen LogP contribution in [0.15, 0.2) is 42.5 Å². The van der Waals surface area contributed by atoms with Crippen LogP contribution in [0.3, 0.4) is 0 Å². The molecule has 1 atom stereocenters. The number of carbonyl (C=O) groups is 1. The number of hydrogen-bond donors (Lipinski definition) is 1. The van der Waals surface area contributed by atoms with Gasteiger partial charge in [0.1, 0.15) is 24.2 Å². The van der Waals surface area contributed by atoms with E-state index in [9.17, 15) is 4.79 Å². The van der Waals surface area contributed by atoms with Crippen LogP contribution in [0.1, 0.15) is 16.8 Å². The molecular formula is C19H21NO5. The smallest absolute Gasteiger partial charge is 0.251 e. The van der Waals surface area contributed by atoms with Crippen molar-refractivity contribution in [1.82, 2.24) is 5.32 Å². The molecule has 1 amide bonds. The van der Waals surface area contributed by atoms with Crippen molar-refractivity contribution in [3.63, 3.8) is 0 Å². The van der Waals surface area contributed by atoms with Gasteiger partial charge in [-0.1, -0.05) is 12.1 Å². The Morgan fingerprint density at radius 1 is 1.12 bits per heavy atom. The summed E-state index contributed by atoms with van der Waals surface area (Å²) in [7, 11) is 3.10. The molecule has 0 unspecified atom stereocenters. The van der Waals surface area contributed by atoms with Crippen LogP contribution in [0.5, 0.6) is 23.0 Å². The van der Waals surface area contributed by atoms with E-state index in [1.165, 1.54) is 0 Å². The molecule has 0 bridgehead atoms. The third-order valence-electron chi connectivity index (χ3n) is 3.93. The Morgan fingerprint density at radius 3 is 2.48 bits per heavy atom. The lowest BCUT2D eigenvalue weighted by Crippen LogP contribution is -2.34. The van der Waals surface area contributed by atoms with Gasteiger partial charge in [-0.2, -0.15) is 0 Å². The second kappa shape index (κ2) is 7.79. The van der Waals surface area contributed by atoms with Gasteiger partial charge in [0.25, 0.3) is 5.91 Å². The minimum absolute atomic E-state index is 0.0879. The molecule has 0 radical (unpaired) electrons. The predicted octanol–water partition coefficient (Wildman–Crippen LogP) is 2.66. The van der Waals surface area contributed by atoms with Gasteiger partial charge in [0.15, 0.2) is 11.5 Å². The van der Waals surface area contributed by atoms with E-state index in [-0.39, 0.29) is 12.0 Å². The zero-order valence-electron chi connectivity index (χ0n) is 14.3. The van der Waals surface area contributed by atoms with Crippen molar-refractivity contribution in [2.24, 2.45) is 0 Å². The van der Waals surface area contributed by atoms with Crippen LogP contribution in [0, 0.1) is 0 Å². The zero-order valence-corrected chi connectivity index (χ0v) is 14.3. The molecular weight excluding hydrogens is 322 g/mol. The van der Waals surface area contributed by atoms with Gasteiger partial charge in [0.2, 0.25) is 0 Å². The fourth-order valence-corrected chi connectivity index (χ4v) is 2.59. The quantitative estimate of drug-likeness (QED) is 0.873. The van der Waals surface area contributed by atoms with Gasteiger partial charge in [0.05, 0.1) is 14.2 Å². The highest BCUT2D eigenvalue weighted by molar-refractivity contribution is 5.95. The summed E-state index contributed by atoms with van der Waals surface area (Å²) in [5.41, 5.74) is 0.488. The van der Waals surface area contributed by atoms with Crippen molar-refractivity contribution >= 4 is 5.91 Å². The van der Waals surface area contributed by atoms with Gasteiger partial charge >= 0.3 is 0 Å². The second-order valence-electron chi connectivity index (χ2n) is 5.64. The van der Waals surface area contributed by atoms with E-state index in [0.29, 0.717) is 36.6 Å². The van der Waals surface area contributed by atoms with E-state index in [1.807, 2.05) is 24.3 Å². The summed E-state index contributed by atoms with van der Waals surface area (Å²) in [5, 5.41) is 2.89. The van der Waals surface area contributed by atoms with E-state index >= 15 is 0 Å². The molecule has 132 valence electrons. The van der Waals surface area contributed by atoms with Crippen molar-refractivity contribution in [3.05, 3.63) is 48.0 Å². The fourth-order valence-electron chi connectivity index (χ4n) is 2.59. The predicted molar refractivity (Wildman–Crippen MR) is 92.8 cm³/mol. The van der Waals surface area contributed by atoms with Crippen molar-refractivity contribution in [2.75, 3.05) is 27.4 Å². The largest absolute Gasteiger partial charge is 0.497 e. The van der Waals surface area contributed by atoms with Crippen molar-refractivity contribution in [3.8, 4) is 23.0 Å². The molecule has 2 aromatic rings. The molecule has 1 aliphatic heterocycles. The molecule has 1 N–H and O–H groups in total. The van der Waals surface area contributed by atoms with Gasteiger partial charge in [0, 0.05) is 24.6 Å². The average Bonchev–Trinajstić information content (AvgIpc) is 2.67. The lowest BCUT2D eigenvalue weighted by molar-refractivity contribution is 0.0812. The normalized spacial score (nSPS) is 15.4. The molecule has 1 aliphatic rings. The summed E-state index contributed by atoms with van der Waals surface area (Å²) in [6.07, 6.45) is 0.566. The zero-order chi connectivity index (χ0) is 17.6. The number of carbonyl (C=O) groups excluding carboxylic acids is 1. The fraction of sp³-hybridized carbons (Fsp3) is 0.316. The third kappa shape index (κ3) is 4.15. The van der Waals surface area contributed by atoms with Crippen LogP contribution in [-0.2, 0) is 0 Å². The van der Waals surface area contributed by atoms with E-state index in [4.69, 9.17) is 18.9 Å². The summed E-state index contributed by atoms with van der Waals surface area (Å²) < 4.78 is 21.9. The van der Waals surface area contributed by atoms with E-state index in [1.54, 1.807) is 32.4 Å². The van der Waals surface area contributed by atoms with E-state index in [0.717, 1.165) is 11.5 Å². The molecule has 1 heterocycles. The SMILES string of the molecule is COc1cc(OC)cc(C(=O)NCC[C@H]2COc3ccccc3O2)c1. The van der Waals surface area contributed by atoms with Crippen molar-refractivity contribution < 1.29 is 23.7 Å². The number of benzene rings is 2. The molecule has 0 saturated carbocycles. The first-order valence-electron chi connectivity index (χ1n) is 8.09. The van der Waals surface area contributed by atoms with Gasteiger partial charge in [-0.3, -0.25) is 4.79 Å². The van der Waals surface area contributed by atoms with Crippen LogP contribution < -0.4 is 24.3 Å². The van der Waals surface area contributed by atoms with E-state index in [2.05, 4.69) is 5.32 Å². The maximum absolute atomic E-state index is 12.3. The van der Waals surface area contributed by atoms with Crippen LogP contribution in [-0.4, -0.2) is 39.4 Å². The average molecular weight is 343 g/mol. The van der Waals surface area contributed by atoms with Crippen LogP contribution in [0.25, 0.3) is 0 Å². The number of nitrogens with one attached hydrogen (secondary N) is 1. The number of ether oxygens (including phenoxy) is 4. The van der Waals surface area contributed by atoms with Gasteiger partial charge in [-0.25, -0.2) is 0 Å². The number of amides is 1. The molecule has 0 aliphatic carbocycles. The molecule has 25 heavy (non-hydrogen) atoms. The number of rotatable bonds is 6. The maximum Gasteiger partial charge on any atom is 0.251 e. The number of hydrogen-bond acceptors (Lipinski definition) is 5. The molecule has 2 aromatic carbocycles. The number of methoxy groups -OCH3 is 2. The highest BCUT2D eigenvalue weighted by Crippen LogP contribution is 2.31. The third-order valence-corrected chi connectivity index (χ3v) is 3.93.